The summed E-state index contributed by atoms with van der Waals surface area (Å²) in [5.74, 6) is 0.350. The van der Waals surface area contributed by atoms with Crippen LogP contribution in [0.5, 0.6) is 11.5 Å². The van der Waals surface area contributed by atoms with Crippen molar-refractivity contribution in [2.24, 2.45) is 22.1 Å². The number of nitriles is 1. The topological polar surface area (TPSA) is 212 Å². The van der Waals surface area contributed by atoms with Crippen LogP contribution in [0.3, 0.4) is 0 Å². The van der Waals surface area contributed by atoms with Gasteiger partial charge in [-0.25, -0.2) is 8.42 Å². The van der Waals surface area contributed by atoms with Crippen LogP contribution in [-0.4, -0.2) is 98.9 Å². The summed E-state index contributed by atoms with van der Waals surface area (Å²) in [6.07, 6.45) is -0.821. The molecule has 1 amide bonds. The summed E-state index contributed by atoms with van der Waals surface area (Å²) >= 11 is 0. The quantitative estimate of drug-likeness (QED) is 0.108. The minimum Gasteiger partial charge on any atom is -0.530 e. The minimum atomic E-state index is -4.29. The molecule has 3 heterocycles. The number of aliphatic imine (C=N–C) groups is 1. The Hall–Kier alpha value is -4.14. The number of carbonyl (C=O) groups excluding carboxylic acids is 1. The number of carbonyl (C=O) groups is 1. The number of nitrogens with zero attached hydrogens (tertiary/aromatic N) is 4. The summed E-state index contributed by atoms with van der Waals surface area (Å²) in [4.78, 5) is 18.0. The zero-order valence-electron chi connectivity index (χ0n) is 26.9. The lowest BCUT2D eigenvalue weighted by Gasteiger charge is -2.43. The number of sulfonamides is 1. The number of nitrogens with one attached hydrogen (secondary N) is 1. The maximum absolute atomic E-state index is 14.3. The van der Waals surface area contributed by atoms with E-state index < -0.39 is 52.6 Å². The molecule has 5 rings (SSSR count). The number of hydrogen-bond acceptors (Lipinski definition) is 11. The molecule has 0 unspecified atom stereocenters. The number of nitrogens with two attached hydrogens (primary N) is 1. The summed E-state index contributed by atoms with van der Waals surface area (Å²) in [5.41, 5.74) is 5.72. The van der Waals surface area contributed by atoms with E-state index in [1.807, 2.05) is 44.2 Å². The Morgan fingerprint density at radius 1 is 1.21 bits per heavy atom. The smallest absolute Gasteiger partial charge is 0.243 e. The first-order valence-electron chi connectivity index (χ1n) is 15.7. The van der Waals surface area contributed by atoms with Crippen LogP contribution in [0.2, 0.25) is 0 Å². The van der Waals surface area contributed by atoms with E-state index >= 15 is 0 Å². The van der Waals surface area contributed by atoms with Crippen molar-refractivity contribution >= 4 is 22.1 Å². The summed E-state index contributed by atoms with van der Waals surface area (Å²) in [5, 5.41) is 35.9. The van der Waals surface area contributed by atoms with Gasteiger partial charge in [0.1, 0.15) is 6.09 Å². The minimum absolute atomic E-state index is 0.0450. The van der Waals surface area contributed by atoms with Crippen LogP contribution in [0, 0.1) is 22.8 Å². The number of aliphatic hydroxyl groups is 1. The lowest BCUT2D eigenvalue weighted by Crippen LogP contribution is -2.61. The molecule has 0 aromatic heterocycles. The second-order valence-corrected chi connectivity index (χ2v) is 14.8. The number of hydrogen-bond donors (Lipinski definition) is 3. The average Bonchev–Trinajstić information content (AvgIpc) is 3.79. The number of rotatable bonds is 14. The van der Waals surface area contributed by atoms with Gasteiger partial charge >= 0.3 is 0 Å². The first kappa shape index (κ1) is 35.2. The largest absolute Gasteiger partial charge is 0.530 e. The van der Waals surface area contributed by atoms with Gasteiger partial charge in [0.15, 0.2) is 24.0 Å². The molecule has 0 aliphatic carbocycles. The molecule has 3 aliphatic rings. The molecule has 260 valence electrons. The van der Waals surface area contributed by atoms with Gasteiger partial charge in [-0.3, -0.25) is 10.3 Å². The van der Waals surface area contributed by atoms with E-state index in [9.17, 15) is 23.4 Å². The number of aliphatic hydroxyl groups excluding tert-OH is 1. The monoisotopic (exact) mass is 685 g/mol. The number of carboxylic acid groups (broad SMARTS) is 1. The lowest BCUT2D eigenvalue weighted by molar-refractivity contribution is -0.273. The lowest BCUT2D eigenvalue weighted by atomic mass is 9.89. The third kappa shape index (κ3) is 8.10. The Balaban J connectivity index is 1.48. The fraction of sp³-hybridized carbons (Fsp3) is 0.531. The molecule has 48 heavy (non-hydrogen) atoms. The number of ether oxygens (including phenoxy) is 4. The highest BCUT2D eigenvalue weighted by molar-refractivity contribution is 7.89. The van der Waals surface area contributed by atoms with Gasteiger partial charge in [-0.1, -0.05) is 44.2 Å². The molecule has 0 spiro atoms. The summed E-state index contributed by atoms with van der Waals surface area (Å²) in [6.45, 7) is 3.78. The van der Waals surface area contributed by atoms with E-state index in [4.69, 9.17) is 29.9 Å². The standard InChI is InChI=1S/C32H42N6O9S/c1-32(2,11-12-35-30(34)36-19-33)18-37(48(42,43)22-8-9-27-28(15-22)47-20-46-27)16-26(39)24(14-21-6-4-3-5-7-21)38(31(40)41)25-17-45-29-23(25)10-13-44-29/h3-9,15,23-26,29,39H,10-14,16-18,20H2,1-2H3,(H,40,41)(H3,34,35,36)/p-1/t23-,24-,25-,26+,29+/m0/s1. The zero-order chi connectivity index (χ0) is 34.5. The fourth-order valence-electron chi connectivity index (χ4n) is 6.42. The van der Waals surface area contributed by atoms with Crippen LogP contribution in [0.1, 0.15) is 32.3 Å². The molecule has 2 aromatic rings. The van der Waals surface area contributed by atoms with Crippen molar-refractivity contribution < 1.29 is 42.4 Å². The molecular formula is C32H41N6O9S-. The predicted molar refractivity (Wildman–Crippen MR) is 170 cm³/mol. The highest BCUT2D eigenvalue weighted by Gasteiger charge is 2.47. The van der Waals surface area contributed by atoms with Crippen LogP contribution in [-0.2, 0) is 25.9 Å². The van der Waals surface area contributed by atoms with Gasteiger partial charge in [0.25, 0.3) is 0 Å². The maximum Gasteiger partial charge on any atom is 0.243 e. The van der Waals surface area contributed by atoms with Gasteiger partial charge < -0.3 is 44.6 Å². The van der Waals surface area contributed by atoms with Crippen molar-refractivity contribution in [1.29, 1.82) is 5.26 Å². The molecule has 0 radical (unpaired) electrons. The molecule has 4 N–H and O–H groups in total. The SMILES string of the molecule is CC(C)(CCN=C(N)NC#N)CN(C[C@@H](O)[C@H](Cc1ccccc1)N(C(=O)[O-])[C@H]1CO[C@H]2OCC[C@H]21)S(=O)(=O)c1ccc2c(c1)OCO2. The zero-order valence-corrected chi connectivity index (χ0v) is 27.7. The summed E-state index contributed by atoms with van der Waals surface area (Å²) in [6, 6.07) is 11.6. The number of guanidine groups is 1. The molecule has 2 fully saturated rings. The highest BCUT2D eigenvalue weighted by atomic mass is 32.2. The molecule has 16 heteroatoms. The molecule has 2 aromatic carbocycles. The molecule has 3 aliphatic heterocycles. The first-order valence-corrected chi connectivity index (χ1v) is 17.1. The van der Waals surface area contributed by atoms with Crippen molar-refractivity contribution in [2.45, 2.75) is 62.5 Å². The van der Waals surface area contributed by atoms with Gasteiger partial charge in [0, 0.05) is 31.6 Å². The number of amides is 1. The van der Waals surface area contributed by atoms with Crippen molar-refractivity contribution in [3.63, 3.8) is 0 Å². The second kappa shape index (κ2) is 15.0. The maximum atomic E-state index is 14.3. The van der Waals surface area contributed by atoms with E-state index in [-0.39, 0.29) is 55.4 Å². The molecule has 5 atom stereocenters. The Morgan fingerprint density at radius 3 is 2.69 bits per heavy atom. The number of fused-ring (bicyclic) bond motifs is 2. The molecule has 0 bridgehead atoms. The van der Waals surface area contributed by atoms with Gasteiger partial charge in [-0.2, -0.15) is 9.57 Å². The first-order chi connectivity index (χ1) is 22.9. The van der Waals surface area contributed by atoms with Crippen molar-refractivity contribution in [3.05, 3.63) is 54.1 Å². The third-order valence-electron chi connectivity index (χ3n) is 8.90. The second-order valence-electron chi connectivity index (χ2n) is 12.8. The third-order valence-corrected chi connectivity index (χ3v) is 10.7. The van der Waals surface area contributed by atoms with Crippen LogP contribution < -0.4 is 25.6 Å². The van der Waals surface area contributed by atoms with Gasteiger partial charge in [-0.05, 0) is 42.4 Å². The van der Waals surface area contributed by atoms with Gasteiger partial charge in [0.2, 0.25) is 22.8 Å². The van der Waals surface area contributed by atoms with Crippen LogP contribution in [0.15, 0.2) is 58.4 Å². The Bertz CT molecular complexity index is 1620. The van der Waals surface area contributed by atoms with E-state index in [2.05, 4.69) is 10.3 Å². The predicted octanol–water partition coefficient (Wildman–Crippen LogP) is 0.587. The fourth-order valence-corrected chi connectivity index (χ4v) is 8.08. The van der Waals surface area contributed by atoms with Crippen LogP contribution in [0.25, 0.3) is 0 Å². The van der Waals surface area contributed by atoms with E-state index in [0.717, 1.165) is 14.8 Å². The van der Waals surface area contributed by atoms with Gasteiger partial charge in [0.05, 0.1) is 36.3 Å². The van der Waals surface area contributed by atoms with Crippen LogP contribution in [0.4, 0.5) is 4.79 Å². The highest BCUT2D eigenvalue weighted by Crippen LogP contribution is 2.38. The molecule has 0 saturated carbocycles. The summed E-state index contributed by atoms with van der Waals surface area (Å²) in [7, 11) is -4.29. The Morgan fingerprint density at radius 2 is 1.96 bits per heavy atom. The molecular weight excluding hydrogens is 644 g/mol. The molecule has 2 saturated heterocycles. The van der Waals surface area contributed by atoms with Crippen LogP contribution >= 0.6 is 0 Å². The Kier molecular flexibility index (Phi) is 11.0. The van der Waals surface area contributed by atoms with Crippen molar-refractivity contribution in [3.8, 4) is 17.7 Å². The van der Waals surface area contributed by atoms with Gasteiger partial charge in [-0.15, -0.1) is 0 Å². The van der Waals surface area contributed by atoms with Crippen molar-refractivity contribution in [2.75, 3.05) is 39.6 Å². The number of benzene rings is 2. The van der Waals surface area contributed by atoms with Crippen molar-refractivity contribution in [1.82, 2.24) is 14.5 Å². The average molecular weight is 686 g/mol. The van der Waals surface area contributed by atoms with E-state index in [0.29, 0.717) is 25.2 Å². The van der Waals surface area contributed by atoms with E-state index in [1.54, 1.807) is 6.19 Å². The summed E-state index contributed by atoms with van der Waals surface area (Å²) < 4.78 is 52.0. The van der Waals surface area contributed by atoms with E-state index in [1.165, 1.54) is 18.2 Å². The Labute approximate surface area is 279 Å². The normalized spacial score (nSPS) is 21.8. The molecule has 15 nitrogen and oxygen atoms in total.